The van der Waals surface area contributed by atoms with E-state index < -0.39 is 18.1 Å². The summed E-state index contributed by atoms with van der Waals surface area (Å²) >= 11 is 1.39. The van der Waals surface area contributed by atoms with E-state index in [0.717, 1.165) is 36.3 Å². The first-order chi connectivity index (χ1) is 13.6. The molecule has 0 N–H and O–H groups in total. The molecule has 1 aromatic heterocycles. The van der Waals surface area contributed by atoms with Crippen LogP contribution in [0.2, 0.25) is 0 Å². The lowest BCUT2D eigenvalue weighted by molar-refractivity contribution is 0.608. The molecule has 29 heavy (non-hydrogen) atoms. The van der Waals surface area contributed by atoms with Gasteiger partial charge in [0.2, 0.25) is 0 Å². The molecule has 0 bridgehead atoms. The minimum absolute atomic E-state index is 0.0190. The third-order valence-corrected chi connectivity index (χ3v) is 8.84. The Morgan fingerprint density at radius 3 is 2.07 bits per heavy atom. The van der Waals surface area contributed by atoms with Crippen molar-refractivity contribution in [3.63, 3.8) is 0 Å². The highest BCUT2D eigenvalue weighted by Gasteiger charge is 2.20. The van der Waals surface area contributed by atoms with E-state index in [4.69, 9.17) is 21.4 Å². The average molecular weight is 481 g/mol. The van der Waals surface area contributed by atoms with E-state index in [1.165, 1.54) is 17.4 Å². The Bertz CT molecular complexity index is 1700. The zero-order valence-corrected chi connectivity index (χ0v) is 18.3. The molecule has 0 saturated carbocycles. The third kappa shape index (κ3) is 3.00. The molecule has 0 amide bonds. The van der Waals surface area contributed by atoms with E-state index in [1.807, 2.05) is 24.3 Å². The summed E-state index contributed by atoms with van der Waals surface area (Å²) in [4.78, 5) is 0.0765. The highest BCUT2D eigenvalue weighted by Crippen LogP contribution is 2.44. The van der Waals surface area contributed by atoms with Crippen LogP contribution in [-0.4, -0.2) is 16.8 Å². The van der Waals surface area contributed by atoms with Crippen LogP contribution in [0.4, 0.5) is 0 Å². The number of halogens is 2. The van der Waals surface area contributed by atoms with Crippen LogP contribution in [0.25, 0.3) is 41.7 Å². The van der Waals surface area contributed by atoms with Crippen LogP contribution in [0.5, 0.6) is 0 Å². The highest BCUT2D eigenvalue weighted by molar-refractivity contribution is 8.14. The summed E-state index contributed by atoms with van der Waals surface area (Å²) < 4.78 is 49.5. The first kappa shape index (κ1) is 19.1. The number of fused-ring (bicyclic) bond motifs is 7. The van der Waals surface area contributed by atoms with Gasteiger partial charge in [0.15, 0.2) is 0 Å². The third-order valence-electron chi connectivity index (χ3n) is 4.94. The molecule has 0 spiro atoms. The van der Waals surface area contributed by atoms with Crippen LogP contribution in [0.3, 0.4) is 0 Å². The minimum Gasteiger partial charge on any atom is -0.207 e. The molecule has 4 aromatic carbocycles. The predicted molar refractivity (Wildman–Crippen MR) is 120 cm³/mol. The minimum atomic E-state index is -3.94. The van der Waals surface area contributed by atoms with E-state index in [-0.39, 0.29) is 9.79 Å². The number of thiophene rings is 1. The molecule has 1 heterocycles. The van der Waals surface area contributed by atoms with E-state index >= 15 is 0 Å². The van der Waals surface area contributed by atoms with Gasteiger partial charge in [-0.1, -0.05) is 42.5 Å². The van der Waals surface area contributed by atoms with Crippen LogP contribution in [0.1, 0.15) is 0 Å². The molecule has 9 heteroatoms. The van der Waals surface area contributed by atoms with Crippen molar-refractivity contribution in [1.82, 2.24) is 0 Å². The molecule has 4 nitrogen and oxygen atoms in total. The van der Waals surface area contributed by atoms with E-state index in [9.17, 15) is 16.8 Å². The average Bonchev–Trinajstić information content (AvgIpc) is 3.04. The van der Waals surface area contributed by atoms with Gasteiger partial charge < -0.3 is 0 Å². The van der Waals surface area contributed by atoms with E-state index in [2.05, 4.69) is 0 Å². The molecule has 0 saturated heterocycles. The first-order valence-electron chi connectivity index (χ1n) is 8.35. The molecule has 5 aromatic rings. The fourth-order valence-corrected chi connectivity index (χ4v) is 6.94. The largest absolute Gasteiger partial charge is 0.261 e. The Hall–Kier alpha value is -1.90. The monoisotopic (exact) mass is 480 g/mol. The smallest absolute Gasteiger partial charge is 0.207 e. The van der Waals surface area contributed by atoms with Crippen LogP contribution in [-0.2, 0) is 18.1 Å². The van der Waals surface area contributed by atoms with Crippen molar-refractivity contribution >= 4 is 92.5 Å². The van der Waals surface area contributed by atoms with Gasteiger partial charge in [-0.25, -0.2) is 16.8 Å². The van der Waals surface area contributed by atoms with Crippen molar-refractivity contribution in [3.05, 3.63) is 60.7 Å². The van der Waals surface area contributed by atoms with E-state index in [1.54, 1.807) is 30.3 Å². The lowest BCUT2D eigenvalue weighted by Crippen LogP contribution is -1.92. The molecule has 0 atom stereocenters. The molecule has 0 fully saturated rings. The predicted octanol–water partition coefficient (Wildman–Crippen LogP) is 6.22. The molecule has 0 aliphatic heterocycles. The van der Waals surface area contributed by atoms with Crippen molar-refractivity contribution in [2.45, 2.75) is 9.79 Å². The Labute approximate surface area is 179 Å². The van der Waals surface area contributed by atoms with Crippen LogP contribution >= 0.6 is 32.7 Å². The molecule has 0 aliphatic rings. The number of benzene rings is 4. The van der Waals surface area contributed by atoms with Gasteiger partial charge in [-0.2, -0.15) is 0 Å². The molecular weight excluding hydrogens is 471 g/mol. The summed E-state index contributed by atoms with van der Waals surface area (Å²) in [6.07, 6.45) is 0. The molecule has 5 rings (SSSR count). The van der Waals surface area contributed by atoms with Crippen molar-refractivity contribution < 1.29 is 16.8 Å². The zero-order chi connectivity index (χ0) is 20.6. The normalized spacial score (nSPS) is 13.0. The Kier molecular flexibility index (Phi) is 4.14. The zero-order valence-electron chi connectivity index (χ0n) is 14.4. The molecule has 0 unspecified atom stereocenters. The van der Waals surface area contributed by atoms with Crippen molar-refractivity contribution in [3.8, 4) is 0 Å². The van der Waals surface area contributed by atoms with E-state index in [0.29, 0.717) is 5.39 Å². The Morgan fingerprint density at radius 1 is 0.690 bits per heavy atom. The molecule has 146 valence electrons. The lowest BCUT2D eigenvalue weighted by atomic mass is 10.0. The SMILES string of the molecule is O=S(=O)(Cl)c1ccc2ccc3c(sc4cc(S(=O)(=O)Cl)c5ccccc5c43)c2c1. The van der Waals surface area contributed by atoms with Crippen molar-refractivity contribution in [2.75, 3.05) is 0 Å². The van der Waals surface area contributed by atoms with Gasteiger partial charge >= 0.3 is 0 Å². The van der Waals surface area contributed by atoms with Gasteiger partial charge in [0, 0.05) is 52.3 Å². The van der Waals surface area contributed by atoms with Gasteiger partial charge in [-0.3, -0.25) is 0 Å². The number of hydrogen-bond acceptors (Lipinski definition) is 5. The Morgan fingerprint density at radius 2 is 1.38 bits per heavy atom. The summed E-state index contributed by atoms with van der Waals surface area (Å²) in [5, 5.41) is 4.75. The molecule has 0 aliphatic carbocycles. The highest BCUT2D eigenvalue weighted by atomic mass is 35.7. The number of hydrogen-bond donors (Lipinski definition) is 0. The fraction of sp³-hybridized carbons (Fsp3) is 0. The second kappa shape index (κ2) is 6.30. The van der Waals surface area contributed by atoms with Crippen molar-refractivity contribution in [1.29, 1.82) is 0 Å². The van der Waals surface area contributed by atoms with Gasteiger partial charge in [-0.15, -0.1) is 11.3 Å². The maximum Gasteiger partial charge on any atom is 0.261 e. The topological polar surface area (TPSA) is 68.3 Å². The van der Waals surface area contributed by atoms with Crippen LogP contribution in [0, 0.1) is 0 Å². The number of rotatable bonds is 2. The Balaban J connectivity index is 2.03. The van der Waals surface area contributed by atoms with Crippen LogP contribution < -0.4 is 0 Å². The maximum atomic E-state index is 12.2. The maximum absolute atomic E-state index is 12.2. The standard InChI is InChI=1S/C20H10Cl2O4S3/c21-28(23,24)12-7-5-11-6-8-15-19-14-4-2-1-3-13(14)18(29(22,25)26)10-17(19)27-20(15)16(11)9-12/h1-10H. The quantitative estimate of drug-likeness (QED) is 0.281. The van der Waals surface area contributed by atoms with Gasteiger partial charge in [0.25, 0.3) is 18.1 Å². The van der Waals surface area contributed by atoms with Crippen molar-refractivity contribution in [2.24, 2.45) is 0 Å². The van der Waals surface area contributed by atoms with Gasteiger partial charge in [0.05, 0.1) is 9.79 Å². The summed E-state index contributed by atoms with van der Waals surface area (Å²) in [6, 6.07) is 17.4. The second-order valence-electron chi connectivity index (χ2n) is 6.60. The molecule has 0 radical (unpaired) electrons. The summed E-state index contributed by atoms with van der Waals surface area (Å²) in [5.74, 6) is 0. The van der Waals surface area contributed by atoms with Crippen LogP contribution in [0.15, 0.2) is 70.5 Å². The lowest BCUT2D eigenvalue weighted by Gasteiger charge is -2.06. The van der Waals surface area contributed by atoms with Gasteiger partial charge in [-0.05, 0) is 29.0 Å². The fourth-order valence-electron chi connectivity index (χ4n) is 3.72. The summed E-state index contributed by atoms with van der Waals surface area (Å²) in [5.41, 5.74) is 0. The molecular formula is C20H10Cl2O4S3. The summed E-state index contributed by atoms with van der Waals surface area (Å²) in [6.45, 7) is 0. The summed E-state index contributed by atoms with van der Waals surface area (Å²) in [7, 11) is 3.41. The first-order valence-corrected chi connectivity index (χ1v) is 13.8. The second-order valence-corrected chi connectivity index (χ2v) is 12.7. The van der Waals surface area contributed by atoms with Gasteiger partial charge in [0.1, 0.15) is 0 Å².